The van der Waals surface area contributed by atoms with E-state index in [1.54, 1.807) is 24.4 Å². The van der Waals surface area contributed by atoms with Gasteiger partial charge in [-0.1, -0.05) is 42.8 Å². The molecular weight excluding hydrogens is 368 g/mol. The Labute approximate surface area is 169 Å². The normalized spacial score (nSPS) is 18.9. The van der Waals surface area contributed by atoms with E-state index >= 15 is 0 Å². The average molecular weight is 392 g/mol. The molecule has 1 aliphatic rings. The Kier molecular flexibility index (Phi) is 5.46. The van der Waals surface area contributed by atoms with Crippen molar-refractivity contribution in [3.63, 3.8) is 0 Å². The van der Waals surface area contributed by atoms with Gasteiger partial charge >= 0.3 is 12.1 Å². The lowest BCUT2D eigenvalue weighted by Gasteiger charge is -2.30. The number of hydrogen-bond acceptors (Lipinski definition) is 4. The molecule has 1 aromatic heterocycles. The summed E-state index contributed by atoms with van der Waals surface area (Å²) < 4.78 is 5.90. The molecule has 0 radical (unpaired) electrons. The maximum absolute atomic E-state index is 12.6. The van der Waals surface area contributed by atoms with Crippen molar-refractivity contribution >= 4 is 28.7 Å². The second-order valence-corrected chi connectivity index (χ2v) is 7.33. The summed E-state index contributed by atoms with van der Waals surface area (Å²) >= 11 is 0. The van der Waals surface area contributed by atoms with Gasteiger partial charge in [-0.25, -0.2) is 9.59 Å². The number of nitrogens with zero attached hydrogens (tertiary/aromatic N) is 2. The zero-order valence-corrected chi connectivity index (χ0v) is 16.3. The lowest BCUT2D eigenvalue weighted by Crippen LogP contribution is -2.40. The zero-order valence-electron chi connectivity index (χ0n) is 16.3. The van der Waals surface area contributed by atoms with Crippen molar-refractivity contribution in [1.82, 2.24) is 15.1 Å². The Morgan fingerprint density at radius 2 is 1.93 bits per heavy atom. The summed E-state index contributed by atoms with van der Waals surface area (Å²) in [7, 11) is 1.30. The molecule has 4 rings (SSSR count). The first-order valence-electron chi connectivity index (χ1n) is 9.83. The third-order valence-electron chi connectivity index (χ3n) is 5.49. The van der Waals surface area contributed by atoms with E-state index in [4.69, 9.17) is 4.74 Å². The fourth-order valence-electron chi connectivity index (χ4n) is 4.08. The number of aromatic nitrogens is 2. The summed E-state index contributed by atoms with van der Waals surface area (Å²) in [6.45, 7) is 0. The molecule has 29 heavy (non-hydrogen) atoms. The lowest BCUT2D eigenvalue weighted by atomic mass is 9.81. The van der Waals surface area contributed by atoms with Gasteiger partial charge in [0.1, 0.15) is 0 Å². The van der Waals surface area contributed by atoms with Gasteiger partial charge < -0.3 is 15.4 Å². The van der Waals surface area contributed by atoms with Gasteiger partial charge in [-0.2, -0.15) is 9.78 Å². The number of urea groups is 1. The second-order valence-electron chi connectivity index (χ2n) is 7.33. The van der Waals surface area contributed by atoms with Crippen LogP contribution < -0.4 is 10.6 Å². The van der Waals surface area contributed by atoms with E-state index < -0.39 is 6.09 Å². The molecular formula is C22H24N4O3. The Bertz CT molecular complexity index is 1020. The van der Waals surface area contributed by atoms with Crippen LogP contribution in [0, 0.1) is 0 Å². The molecule has 1 aliphatic carbocycles. The number of rotatable bonds is 3. The minimum absolute atomic E-state index is 0.131. The van der Waals surface area contributed by atoms with Crippen LogP contribution in [0.2, 0.25) is 0 Å². The molecule has 3 aromatic rings. The number of benzene rings is 2. The molecule has 1 heterocycles. The van der Waals surface area contributed by atoms with E-state index in [-0.39, 0.29) is 12.1 Å². The summed E-state index contributed by atoms with van der Waals surface area (Å²) in [6, 6.07) is 15.7. The first-order valence-corrected chi connectivity index (χ1v) is 9.83. The summed E-state index contributed by atoms with van der Waals surface area (Å²) in [4.78, 5) is 24.4. The first kappa shape index (κ1) is 19.0. The van der Waals surface area contributed by atoms with Crippen LogP contribution in [-0.2, 0) is 4.74 Å². The highest BCUT2D eigenvalue weighted by Crippen LogP contribution is 2.33. The number of nitrogens with one attached hydrogen (secondary N) is 2. The van der Waals surface area contributed by atoms with Crippen LogP contribution in [0.25, 0.3) is 10.9 Å². The van der Waals surface area contributed by atoms with Crippen molar-refractivity contribution in [2.75, 3.05) is 12.4 Å². The number of carbonyl (C=O) groups excluding carboxylic acids is 2. The van der Waals surface area contributed by atoms with Crippen LogP contribution in [0.1, 0.15) is 37.2 Å². The third-order valence-corrected chi connectivity index (χ3v) is 5.49. The maximum atomic E-state index is 12.6. The topological polar surface area (TPSA) is 85.2 Å². The molecule has 0 saturated heterocycles. The van der Waals surface area contributed by atoms with Gasteiger partial charge in [-0.05, 0) is 42.9 Å². The molecule has 1 saturated carbocycles. The zero-order chi connectivity index (χ0) is 20.2. The number of fused-ring (bicyclic) bond motifs is 1. The van der Waals surface area contributed by atoms with Gasteiger partial charge in [-0.15, -0.1) is 0 Å². The molecule has 2 amide bonds. The Morgan fingerprint density at radius 3 is 2.72 bits per heavy atom. The van der Waals surface area contributed by atoms with E-state index in [9.17, 15) is 9.59 Å². The number of carbonyl (C=O) groups is 2. The van der Waals surface area contributed by atoms with Crippen LogP contribution in [0.3, 0.4) is 0 Å². The van der Waals surface area contributed by atoms with Crippen molar-refractivity contribution < 1.29 is 14.3 Å². The molecule has 2 aromatic carbocycles. The quantitative estimate of drug-likeness (QED) is 0.687. The van der Waals surface area contributed by atoms with Crippen LogP contribution >= 0.6 is 0 Å². The van der Waals surface area contributed by atoms with Crippen molar-refractivity contribution in [1.29, 1.82) is 0 Å². The van der Waals surface area contributed by atoms with Gasteiger partial charge in [0.25, 0.3) is 0 Å². The van der Waals surface area contributed by atoms with E-state index in [2.05, 4.69) is 40.0 Å². The standard InChI is InChI=1S/C22H24N4O3/c1-29-22(28)26-20-12-6-11-19(18(20)14-23-26)25-21(27)24-17-10-5-9-16(13-17)15-7-3-2-4-8-15/h2-4,6-8,11-12,14,16-17H,5,9-10,13H2,1H3,(H2,24,25,27). The summed E-state index contributed by atoms with van der Waals surface area (Å²) in [6.07, 6.45) is 5.12. The Morgan fingerprint density at radius 1 is 1.10 bits per heavy atom. The van der Waals surface area contributed by atoms with Crippen LogP contribution in [0.15, 0.2) is 54.7 Å². The summed E-state index contributed by atoms with van der Waals surface area (Å²) in [5.41, 5.74) is 2.52. The fourth-order valence-corrected chi connectivity index (χ4v) is 4.08. The molecule has 0 spiro atoms. The molecule has 150 valence electrons. The van der Waals surface area contributed by atoms with Crippen molar-refractivity contribution in [3.05, 3.63) is 60.3 Å². The van der Waals surface area contributed by atoms with Crippen molar-refractivity contribution in [2.24, 2.45) is 0 Å². The number of ether oxygens (including phenoxy) is 1. The third kappa shape index (κ3) is 4.08. The Balaban J connectivity index is 1.43. The minimum atomic E-state index is -0.573. The van der Waals surface area contributed by atoms with E-state index in [1.807, 2.05) is 6.07 Å². The van der Waals surface area contributed by atoms with Crippen LogP contribution in [0.5, 0.6) is 0 Å². The predicted molar refractivity (Wildman–Crippen MR) is 111 cm³/mol. The van der Waals surface area contributed by atoms with Gasteiger partial charge in [-0.3, -0.25) is 0 Å². The molecule has 0 aliphatic heterocycles. The maximum Gasteiger partial charge on any atom is 0.434 e. The van der Waals surface area contributed by atoms with E-state index in [0.717, 1.165) is 25.7 Å². The number of methoxy groups -OCH3 is 1. The highest BCUT2D eigenvalue weighted by molar-refractivity contribution is 6.02. The SMILES string of the molecule is COC(=O)n1ncc2c(NC(=O)NC3CCCC(c4ccccc4)C3)cccc21. The predicted octanol–water partition coefficient (Wildman–Crippen LogP) is 4.50. The van der Waals surface area contributed by atoms with Crippen molar-refractivity contribution in [2.45, 2.75) is 37.6 Å². The number of anilines is 1. The van der Waals surface area contributed by atoms with E-state index in [0.29, 0.717) is 22.5 Å². The molecule has 2 N–H and O–H groups in total. The molecule has 0 bridgehead atoms. The van der Waals surface area contributed by atoms with Gasteiger partial charge in [0, 0.05) is 11.4 Å². The van der Waals surface area contributed by atoms with Crippen LogP contribution in [-0.4, -0.2) is 35.1 Å². The highest BCUT2D eigenvalue weighted by atomic mass is 16.5. The molecule has 7 nitrogen and oxygen atoms in total. The monoisotopic (exact) mass is 392 g/mol. The lowest BCUT2D eigenvalue weighted by molar-refractivity contribution is 0.170. The summed E-state index contributed by atoms with van der Waals surface area (Å²) in [5.74, 6) is 0.469. The fraction of sp³-hybridized carbons (Fsp3) is 0.318. The minimum Gasteiger partial charge on any atom is -0.451 e. The second kappa shape index (κ2) is 8.34. The average Bonchev–Trinajstić information content (AvgIpc) is 3.19. The molecule has 7 heteroatoms. The number of hydrogen-bond donors (Lipinski definition) is 2. The first-order chi connectivity index (χ1) is 14.2. The number of amides is 2. The summed E-state index contributed by atoms with van der Waals surface area (Å²) in [5, 5.41) is 10.7. The van der Waals surface area contributed by atoms with Gasteiger partial charge in [0.05, 0.1) is 24.5 Å². The van der Waals surface area contributed by atoms with Crippen LogP contribution in [0.4, 0.5) is 15.3 Å². The van der Waals surface area contributed by atoms with Gasteiger partial charge in [0.15, 0.2) is 0 Å². The smallest absolute Gasteiger partial charge is 0.434 e. The largest absolute Gasteiger partial charge is 0.451 e. The van der Waals surface area contributed by atoms with Crippen molar-refractivity contribution in [3.8, 4) is 0 Å². The molecule has 2 atom stereocenters. The Hall–Kier alpha value is -3.35. The molecule has 2 unspecified atom stereocenters. The van der Waals surface area contributed by atoms with Gasteiger partial charge in [0.2, 0.25) is 0 Å². The van der Waals surface area contributed by atoms with E-state index in [1.165, 1.54) is 17.4 Å². The highest BCUT2D eigenvalue weighted by Gasteiger charge is 2.24. The molecule has 1 fully saturated rings.